The first-order valence-corrected chi connectivity index (χ1v) is 10.4. The van der Waals surface area contributed by atoms with Gasteiger partial charge in [0.1, 0.15) is 6.54 Å². The number of aromatic nitrogens is 3. The summed E-state index contributed by atoms with van der Waals surface area (Å²) in [5.74, 6) is 0.788. The lowest BCUT2D eigenvalue weighted by Crippen LogP contribution is -2.30. The minimum atomic E-state index is -0.00320. The van der Waals surface area contributed by atoms with Gasteiger partial charge in [0.25, 0.3) is 0 Å². The molecule has 0 saturated carbocycles. The largest absolute Gasteiger partial charge is 0.314 e. The lowest BCUT2D eigenvalue weighted by Gasteiger charge is -2.18. The Hall–Kier alpha value is -3.12. The Morgan fingerprint density at radius 3 is 2.59 bits per heavy atom. The number of amides is 1. The molecule has 0 radical (unpaired) electrons. The van der Waals surface area contributed by atoms with Crippen LogP contribution in [0.25, 0.3) is 11.0 Å². The van der Waals surface area contributed by atoms with Gasteiger partial charge >= 0.3 is 0 Å². The predicted molar refractivity (Wildman–Crippen MR) is 118 cm³/mol. The first-order chi connectivity index (χ1) is 14.1. The van der Waals surface area contributed by atoms with Crippen LogP contribution >= 0.6 is 11.8 Å². The van der Waals surface area contributed by atoms with Crippen molar-refractivity contribution < 1.29 is 4.79 Å². The second-order valence-electron chi connectivity index (χ2n) is 6.91. The van der Waals surface area contributed by atoms with Gasteiger partial charge in [-0.05, 0) is 30.7 Å². The van der Waals surface area contributed by atoms with E-state index in [4.69, 9.17) is 4.98 Å². The van der Waals surface area contributed by atoms with Gasteiger partial charge in [-0.15, -0.1) is 0 Å². The highest BCUT2D eigenvalue weighted by atomic mass is 32.2. The van der Waals surface area contributed by atoms with E-state index in [9.17, 15) is 4.79 Å². The van der Waals surface area contributed by atoms with E-state index in [1.54, 1.807) is 36.1 Å². The molecule has 146 valence electrons. The number of carbonyl (C=O) groups is 1. The lowest BCUT2D eigenvalue weighted by molar-refractivity contribution is -0.118. The number of imidazole rings is 1. The van der Waals surface area contributed by atoms with Gasteiger partial charge in [0.15, 0.2) is 5.16 Å². The number of fused-ring (bicyclic) bond motifs is 1. The second kappa shape index (κ2) is 8.49. The number of hydrogen-bond acceptors (Lipinski definition) is 4. The van der Waals surface area contributed by atoms with Crippen molar-refractivity contribution in [3.8, 4) is 0 Å². The van der Waals surface area contributed by atoms with Gasteiger partial charge in [-0.3, -0.25) is 9.78 Å². The molecule has 2 aromatic heterocycles. The number of likely N-dealkylation sites (N-methyl/N-ethyl adjacent to an activating group) is 1. The molecule has 4 aromatic rings. The average Bonchev–Trinajstić information content (AvgIpc) is 3.11. The van der Waals surface area contributed by atoms with Gasteiger partial charge in [-0.1, -0.05) is 59.8 Å². The summed E-state index contributed by atoms with van der Waals surface area (Å²) in [6.45, 7) is 2.29. The number of thioether (sulfide) groups is 1. The highest BCUT2D eigenvalue weighted by Gasteiger charge is 2.17. The molecular formula is C23H22N4OS. The van der Waals surface area contributed by atoms with Crippen LogP contribution in [0.5, 0.6) is 0 Å². The van der Waals surface area contributed by atoms with Crippen LogP contribution in [0.4, 0.5) is 5.69 Å². The Morgan fingerprint density at radius 2 is 1.83 bits per heavy atom. The first-order valence-electron chi connectivity index (χ1n) is 9.42. The van der Waals surface area contributed by atoms with Gasteiger partial charge in [0.2, 0.25) is 5.91 Å². The maximum atomic E-state index is 13.0. The number of pyridine rings is 1. The summed E-state index contributed by atoms with van der Waals surface area (Å²) >= 11 is 1.63. The van der Waals surface area contributed by atoms with Crippen LogP contribution in [-0.2, 0) is 17.1 Å². The van der Waals surface area contributed by atoms with Gasteiger partial charge in [0.05, 0.1) is 17.2 Å². The third-order valence-corrected chi connectivity index (χ3v) is 5.86. The number of nitrogens with zero attached hydrogens (tertiary/aromatic N) is 4. The zero-order valence-corrected chi connectivity index (χ0v) is 17.3. The summed E-state index contributed by atoms with van der Waals surface area (Å²) in [5.41, 5.74) is 5.06. The third-order valence-electron chi connectivity index (χ3n) is 4.82. The number of rotatable bonds is 6. The number of benzene rings is 2. The molecule has 0 N–H and O–H groups in total. The number of carbonyl (C=O) groups excluding carboxylic acids is 1. The van der Waals surface area contributed by atoms with E-state index >= 15 is 0 Å². The van der Waals surface area contributed by atoms with Gasteiger partial charge in [-0.2, -0.15) is 0 Å². The minimum Gasteiger partial charge on any atom is -0.314 e. The van der Waals surface area contributed by atoms with E-state index in [1.165, 1.54) is 11.1 Å². The summed E-state index contributed by atoms with van der Waals surface area (Å²) in [6, 6.07) is 20.0. The van der Waals surface area contributed by atoms with Crippen molar-refractivity contribution in [3.05, 3.63) is 84.2 Å². The fourth-order valence-corrected chi connectivity index (χ4v) is 4.05. The topological polar surface area (TPSA) is 51.0 Å². The quantitative estimate of drug-likeness (QED) is 0.439. The molecule has 0 spiro atoms. The second-order valence-corrected chi connectivity index (χ2v) is 7.85. The molecule has 0 fully saturated rings. The number of aryl methyl sites for hydroxylation is 1. The molecule has 0 unspecified atom stereocenters. The molecule has 6 heteroatoms. The minimum absolute atomic E-state index is 0.00320. The van der Waals surface area contributed by atoms with Crippen molar-refractivity contribution in [2.24, 2.45) is 0 Å². The molecule has 29 heavy (non-hydrogen) atoms. The highest BCUT2D eigenvalue weighted by Crippen LogP contribution is 2.27. The standard InChI is InChI=1S/C23H22N4OS/c1-17-8-10-18(11-9-17)16-29-23-25-20-12-13-24-14-21(20)27(23)15-22(28)26(2)19-6-4-3-5-7-19/h3-14H,15-16H2,1-2H3. The molecule has 2 aromatic carbocycles. The molecule has 0 saturated heterocycles. The number of hydrogen-bond donors (Lipinski definition) is 0. The molecule has 5 nitrogen and oxygen atoms in total. The molecule has 4 rings (SSSR count). The molecular weight excluding hydrogens is 380 g/mol. The van der Waals surface area contributed by atoms with Crippen LogP contribution in [0.15, 0.2) is 78.2 Å². The summed E-state index contributed by atoms with van der Waals surface area (Å²) in [7, 11) is 1.80. The van der Waals surface area contributed by atoms with Crippen LogP contribution in [0, 0.1) is 6.92 Å². The molecule has 2 heterocycles. The summed E-state index contributed by atoms with van der Waals surface area (Å²) < 4.78 is 1.96. The van der Waals surface area contributed by atoms with Crippen molar-refractivity contribution in [2.75, 3.05) is 11.9 Å². The van der Waals surface area contributed by atoms with Crippen molar-refractivity contribution in [1.29, 1.82) is 0 Å². The van der Waals surface area contributed by atoms with Gasteiger partial charge in [-0.25, -0.2) is 4.98 Å². The molecule has 0 aliphatic rings. The smallest absolute Gasteiger partial charge is 0.246 e. The van der Waals surface area contributed by atoms with Crippen LogP contribution in [-0.4, -0.2) is 27.5 Å². The normalized spacial score (nSPS) is 11.0. The van der Waals surface area contributed by atoms with Crippen LogP contribution < -0.4 is 4.90 Å². The Balaban J connectivity index is 1.59. The maximum absolute atomic E-state index is 13.0. The number of para-hydroxylation sites is 1. The highest BCUT2D eigenvalue weighted by molar-refractivity contribution is 7.98. The van der Waals surface area contributed by atoms with Crippen LogP contribution in [0.3, 0.4) is 0 Å². The van der Waals surface area contributed by atoms with E-state index in [0.29, 0.717) is 0 Å². The summed E-state index contributed by atoms with van der Waals surface area (Å²) in [4.78, 5) is 23.6. The van der Waals surface area contributed by atoms with Crippen molar-refractivity contribution in [2.45, 2.75) is 24.4 Å². The monoisotopic (exact) mass is 402 g/mol. The fourth-order valence-electron chi connectivity index (χ4n) is 3.08. The fraction of sp³-hybridized carbons (Fsp3) is 0.174. The van der Waals surface area contributed by atoms with Crippen LogP contribution in [0.1, 0.15) is 11.1 Å². The predicted octanol–water partition coefficient (Wildman–Crippen LogP) is 4.70. The molecule has 0 aliphatic heterocycles. The Morgan fingerprint density at radius 1 is 1.07 bits per heavy atom. The van der Waals surface area contributed by atoms with Gasteiger partial charge < -0.3 is 9.47 Å². The van der Waals surface area contributed by atoms with Crippen molar-refractivity contribution in [3.63, 3.8) is 0 Å². The van der Waals surface area contributed by atoms with Gasteiger partial charge in [0, 0.05) is 24.7 Å². The Labute approximate surface area is 174 Å². The number of anilines is 1. The molecule has 0 aliphatic carbocycles. The maximum Gasteiger partial charge on any atom is 0.246 e. The van der Waals surface area contributed by atoms with E-state index in [1.807, 2.05) is 41.0 Å². The SMILES string of the molecule is Cc1ccc(CSc2nc3ccncc3n2CC(=O)N(C)c2ccccc2)cc1. The average molecular weight is 403 g/mol. The Kier molecular flexibility index (Phi) is 5.62. The van der Waals surface area contributed by atoms with E-state index in [0.717, 1.165) is 27.6 Å². The van der Waals surface area contributed by atoms with E-state index < -0.39 is 0 Å². The van der Waals surface area contributed by atoms with E-state index in [-0.39, 0.29) is 12.5 Å². The summed E-state index contributed by atoms with van der Waals surface area (Å²) in [5, 5.41) is 0.823. The zero-order valence-electron chi connectivity index (χ0n) is 16.4. The molecule has 0 bridgehead atoms. The van der Waals surface area contributed by atoms with Crippen LogP contribution in [0.2, 0.25) is 0 Å². The molecule has 0 atom stereocenters. The third kappa shape index (κ3) is 4.32. The Bertz CT molecular complexity index is 1120. The lowest BCUT2D eigenvalue weighted by atomic mass is 10.2. The van der Waals surface area contributed by atoms with Crippen molar-refractivity contribution >= 4 is 34.4 Å². The zero-order chi connectivity index (χ0) is 20.2. The van der Waals surface area contributed by atoms with E-state index in [2.05, 4.69) is 36.2 Å². The summed E-state index contributed by atoms with van der Waals surface area (Å²) in [6.07, 6.45) is 3.50. The molecule has 1 amide bonds. The van der Waals surface area contributed by atoms with Crippen molar-refractivity contribution in [1.82, 2.24) is 14.5 Å². The first kappa shape index (κ1) is 19.2.